The van der Waals surface area contributed by atoms with Gasteiger partial charge in [-0.3, -0.25) is 9.82 Å². The number of H-pyrrole nitrogens is 1. The van der Waals surface area contributed by atoms with Gasteiger partial charge in [-0.2, -0.15) is 5.10 Å². The minimum atomic E-state index is -4.24. The van der Waals surface area contributed by atoms with Gasteiger partial charge in [0.05, 0.1) is 16.4 Å². The third-order valence-corrected chi connectivity index (χ3v) is 4.38. The number of sulfonamides is 1. The van der Waals surface area contributed by atoms with Crippen molar-refractivity contribution >= 4 is 33.3 Å². The van der Waals surface area contributed by atoms with E-state index in [2.05, 4.69) is 14.9 Å². The zero-order valence-electron chi connectivity index (χ0n) is 10.5. The average molecular weight is 334 g/mol. The number of hydrogen-bond acceptors (Lipinski definition) is 4. The summed E-state index contributed by atoms with van der Waals surface area (Å²) in [5.74, 6) is -2.13. The van der Waals surface area contributed by atoms with Crippen LogP contribution >= 0.6 is 11.6 Å². The monoisotopic (exact) mass is 333 g/mol. The Labute approximate surface area is 123 Å². The van der Waals surface area contributed by atoms with Gasteiger partial charge in [0.1, 0.15) is 10.7 Å². The highest BCUT2D eigenvalue weighted by Crippen LogP contribution is 2.27. The Morgan fingerprint density at radius 2 is 2.14 bits per heavy atom. The van der Waals surface area contributed by atoms with E-state index in [0.29, 0.717) is 0 Å². The molecular formula is C11H9ClFN3O4S. The average Bonchev–Trinajstić information content (AvgIpc) is 2.76. The molecule has 7 nitrogen and oxygen atoms in total. The standard InChI is InChI=1S/C11H9ClFN3O4S/c1-5-10(9(11(17)18)15-14-5)21(19,20)16-8-3-2-6(13)4-7(8)12/h2-4,16H,1H3,(H,14,15)(H,17,18). The normalized spacial score (nSPS) is 11.4. The first-order valence-corrected chi connectivity index (χ1v) is 7.34. The van der Waals surface area contributed by atoms with Gasteiger partial charge in [0.15, 0.2) is 5.69 Å². The van der Waals surface area contributed by atoms with Gasteiger partial charge >= 0.3 is 5.97 Å². The first kappa shape index (κ1) is 15.3. The summed E-state index contributed by atoms with van der Waals surface area (Å²) in [6.45, 7) is 1.36. The highest BCUT2D eigenvalue weighted by atomic mass is 35.5. The molecule has 0 amide bonds. The molecule has 10 heteroatoms. The predicted octanol–water partition coefficient (Wildman–Crippen LogP) is 2.01. The first-order chi connectivity index (χ1) is 9.72. The van der Waals surface area contributed by atoms with Gasteiger partial charge in [-0.05, 0) is 25.1 Å². The highest BCUT2D eigenvalue weighted by molar-refractivity contribution is 7.92. The van der Waals surface area contributed by atoms with Crippen LogP contribution in [0.15, 0.2) is 23.1 Å². The first-order valence-electron chi connectivity index (χ1n) is 5.48. The lowest BCUT2D eigenvalue weighted by Crippen LogP contribution is -2.17. The van der Waals surface area contributed by atoms with Crippen LogP contribution in [0.4, 0.5) is 10.1 Å². The maximum Gasteiger partial charge on any atom is 0.357 e. The molecular weight excluding hydrogens is 325 g/mol. The Hall–Kier alpha value is -2.13. The zero-order valence-corrected chi connectivity index (χ0v) is 12.1. The zero-order chi connectivity index (χ0) is 15.8. The molecule has 3 N–H and O–H groups in total. The Kier molecular flexibility index (Phi) is 3.88. The lowest BCUT2D eigenvalue weighted by atomic mass is 10.3. The van der Waals surface area contributed by atoms with Crippen LogP contribution in [0, 0.1) is 12.7 Å². The molecule has 1 aromatic heterocycles. The number of anilines is 1. The molecule has 0 spiro atoms. The van der Waals surface area contributed by atoms with Gasteiger partial charge in [0.25, 0.3) is 10.0 Å². The molecule has 21 heavy (non-hydrogen) atoms. The topological polar surface area (TPSA) is 112 Å². The molecule has 0 aliphatic carbocycles. The summed E-state index contributed by atoms with van der Waals surface area (Å²) in [5.41, 5.74) is -0.661. The van der Waals surface area contributed by atoms with E-state index in [4.69, 9.17) is 16.7 Å². The lowest BCUT2D eigenvalue weighted by molar-refractivity contribution is 0.0686. The summed E-state index contributed by atoms with van der Waals surface area (Å²) in [7, 11) is -4.24. The minimum absolute atomic E-state index is 0.0538. The number of rotatable bonds is 4. The van der Waals surface area contributed by atoms with Crippen molar-refractivity contribution in [2.75, 3.05) is 4.72 Å². The second kappa shape index (κ2) is 5.34. The molecule has 2 aromatic rings. The number of nitrogens with one attached hydrogen (secondary N) is 2. The van der Waals surface area contributed by atoms with Crippen molar-refractivity contribution < 1.29 is 22.7 Å². The second-order valence-electron chi connectivity index (χ2n) is 4.06. The smallest absolute Gasteiger partial charge is 0.357 e. The number of aromatic amines is 1. The number of aromatic carboxylic acids is 1. The lowest BCUT2D eigenvalue weighted by Gasteiger charge is -2.09. The van der Waals surface area contributed by atoms with Crippen LogP contribution in [0.5, 0.6) is 0 Å². The van der Waals surface area contributed by atoms with Gasteiger partial charge in [-0.15, -0.1) is 0 Å². The van der Waals surface area contributed by atoms with Gasteiger partial charge in [-0.1, -0.05) is 11.6 Å². The molecule has 0 bridgehead atoms. The summed E-state index contributed by atoms with van der Waals surface area (Å²) >= 11 is 5.73. The maximum absolute atomic E-state index is 12.9. The number of benzene rings is 1. The molecule has 0 fully saturated rings. The van der Waals surface area contributed by atoms with Crippen LogP contribution in [0.25, 0.3) is 0 Å². The third kappa shape index (κ3) is 2.98. The van der Waals surface area contributed by atoms with E-state index in [0.717, 1.165) is 18.2 Å². The van der Waals surface area contributed by atoms with Crippen molar-refractivity contribution in [3.05, 3.63) is 40.4 Å². The number of aryl methyl sites for hydroxylation is 1. The number of halogens is 2. The molecule has 1 aromatic carbocycles. The van der Waals surface area contributed by atoms with E-state index < -0.39 is 32.4 Å². The van der Waals surface area contributed by atoms with Gasteiger partial charge in [0.2, 0.25) is 0 Å². The molecule has 0 saturated heterocycles. The molecule has 0 aliphatic heterocycles. The van der Waals surface area contributed by atoms with Crippen LogP contribution < -0.4 is 4.72 Å². The fourth-order valence-electron chi connectivity index (χ4n) is 1.66. The van der Waals surface area contributed by atoms with Crippen molar-refractivity contribution in [2.45, 2.75) is 11.8 Å². The summed E-state index contributed by atoms with van der Waals surface area (Å²) in [6, 6.07) is 3.08. The summed E-state index contributed by atoms with van der Waals surface area (Å²) in [4.78, 5) is 10.5. The predicted molar refractivity (Wildman–Crippen MR) is 72.5 cm³/mol. The summed E-state index contributed by atoms with van der Waals surface area (Å²) in [5, 5.41) is 14.5. The van der Waals surface area contributed by atoms with Crippen LogP contribution in [-0.2, 0) is 10.0 Å². The summed E-state index contributed by atoms with van der Waals surface area (Å²) < 4.78 is 39.6. The van der Waals surface area contributed by atoms with E-state index in [1.807, 2.05) is 0 Å². The molecule has 0 radical (unpaired) electrons. The quantitative estimate of drug-likeness (QED) is 0.792. The molecule has 2 rings (SSSR count). The number of carboxylic acids is 1. The Morgan fingerprint density at radius 3 is 2.71 bits per heavy atom. The Morgan fingerprint density at radius 1 is 1.48 bits per heavy atom. The number of aromatic nitrogens is 2. The van der Waals surface area contributed by atoms with E-state index in [9.17, 15) is 17.6 Å². The van der Waals surface area contributed by atoms with E-state index >= 15 is 0 Å². The maximum atomic E-state index is 12.9. The molecule has 1 heterocycles. The van der Waals surface area contributed by atoms with Crippen molar-refractivity contribution in [2.24, 2.45) is 0 Å². The largest absolute Gasteiger partial charge is 0.476 e. The van der Waals surface area contributed by atoms with E-state index in [1.54, 1.807) is 0 Å². The number of carboxylic acid groups (broad SMARTS) is 1. The number of nitrogens with zero attached hydrogens (tertiary/aromatic N) is 1. The van der Waals surface area contributed by atoms with Crippen molar-refractivity contribution in [3.8, 4) is 0 Å². The van der Waals surface area contributed by atoms with Crippen LogP contribution in [0.3, 0.4) is 0 Å². The Bertz CT molecular complexity index is 819. The highest BCUT2D eigenvalue weighted by Gasteiger charge is 2.28. The molecule has 0 atom stereocenters. The van der Waals surface area contributed by atoms with Gasteiger partial charge in [-0.25, -0.2) is 17.6 Å². The molecule has 0 unspecified atom stereocenters. The van der Waals surface area contributed by atoms with Crippen molar-refractivity contribution in [1.82, 2.24) is 10.2 Å². The third-order valence-electron chi connectivity index (χ3n) is 2.54. The molecule has 112 valence electrons. The molecule has 0 aliphatic rings. The molecule has 0 saturated carbocycles. The van der Waals surface area contributed by atoms with Gasteiger partial charge < -0.3 is 5.11 Å². The minimum Gasteiger partial charge on any atom is -0.476 e. The van der Waals surface area contributed by atoms with Crippen molar-refractivity contribution in [3.63, 3.8) is 0 Å². The summed E-state index contributed by atoms with van der Waals surface area (Å²) in [6.07, 6.45) is 0. The fourth-order valence-corrected chi connectivity index (χ4v) is 3.34. The van der Waals surface area contributed by atoms with Crippen molar-refractivity contribution in [1.29, 1.82) is 0 Å². The number of hydrogen-bond donors (Lipinski definition) is 3. The van der Waals surface area contributed by atoms with E-state index in [1.165, 1.54) is 6.92 Å². The SMILES string of the molecule is Cc1[nH]nc(C(=O)O)c1S(=O)(=O)Nc1ccc(F)cc1Cl. The van der Waals surface area contributed by atoms with Gasteiger partial charge in [0, 0.05) is 0 Å². The van der Waals surface area contributed by atoms with Crippen LogP contribution in [-0.4, -0.2) is 29.7 Å². The Balaban J connectivity index is 2.48. The van der Waals surface area contributed by atoms with Crippen LogP contribution in [0.2, 0.25) is 5.02 Å². The van der Waals surface area contributed by atoms with E-state index in [-0.39, 0.29) is 16.4 Å². The number of carbonyl (C=O) groups is 1. The second-order valence-corrected chi connectivity index (χ2v) is 6.09. The van der Waals surface area contributed by atoms with Crippen LogP contribution in [0.1, 0.15) is 16.2 Å². The fraction of sp³-hybridized carbons (Fsp3) is 0.0909.